The van der Waals surface area contributed by atoms with Crippen LogP contribution in [0.15, 0.2) is 48.5 Å². The number of nitrogens with one attached hydrogen (secondary N) is 1. The summed E-state index contributed by atoms with van der Waals surface area (Å²) in [5, 5.41) is 23.4. The monoisotopic (exact) mass is 379 g/mol. The summed E-state index contributed by atoms with van der Waals surface area (Å²) in [6.07, 6.45) is -0.913. The number of carbonyl (C=O) groups is 1. The van der Waals surface area contributed by atoms with Crippen LogP contribution in [-0.2, 0) is 4.79 Å². The molecule has 1 heterocycles. The Balaban J connectivity index is 2.14. The number of carbonyl (C=O) groups excluding carboxylic acids is 1. The number of likely N-dealkylation sites (N-methyl/N-ethyl adjacent to an activating group) is 1. The Kier molecular flexibility index (Phi) is 5.57. The molecule has 3 rings (SSSR count). The Morgan fingerprint density at radius 2 is 2.00 bits per heavy atom. The molecular formula is C22H25N3O3. The van der Waals surface area contributed by atoms with E-state index in [2.05, 4.69) is 11.4 Å². The van der Waals surface area contributed by atoms with Gasteiger partial charge in [-0.3, -0.25) is 4.79 Å². The van der Waals surface area contributed by atoms with Gasteiger partial charge in [-0.15, -0.1) is 0 Å². The molecule has 0 saturated heterocycles. The van der Waals surface area contributed by atoms with Gasteiger partial charge in [-0.1, -0.05) is 18.2 Å². The van der Waals surface area contributed by atoms with Crippen molar-refractivity contribution >= 4 is 11.6 Å². The number of rotatable bonds is 5. The van der Waals surface area contributed by atoms with Gasteiger partial charge < -0.3 is 20.1 Å². The first kappa shape index (κ1) is 19.7. The van der Waals surface area contributed by atoms with Crippen molar-refractivity contribution in [3.05, 3.63) is 59.7 Å². The molecule has 6 heteroatoms. The van der Waals surface area contributed by atoms with Crippen molar-refractivity contribution in [3.8, 4) is 11.8 Å². The SMILES string of the molecule is CCNC(=O)CN(c1ccccc1)[C@@H]1c2cc(C#N)ccc2OC(C)(C)[C@@H]1O. The second kappa shape index (κ2) is 7.91. The van der Waals surface area contributed by atoms with E-state index in [1.807, 2.05) is 56.0 Å². The number of nitriles is 1. The van der Waals surface area contributed by atoms with Gasteiger partial charge in [0.2, 0.25) is 5.91 Å². The minimum Gasteiger partial charge on any atom is -0.485 e. The van der Waals surface area contributed by atoms with Crippen LogP contribution in [0, 0.1) is 11.3 Å². The molecule has 0 aromatic heterocycles. The number of anilines is 1. The molecule has 0 radical (unpaired) electrons. The van der Waals surface area contributed by atoms with Crippen molar-refractivity contribution in [2.45, 2.75) is 38.5 Å². The van der Waals surface area contributed by atoms with E-state index in [1.54, 1.807) is 18.2 Å². The normalized spacial score (nSPS) is 19.7. The topological polar surface area (TPSA) is 85.6 Å². The molecule has 2 aromatic rings. The lowest BCUT2D eigenvalue weighted by atomic mass is 9.84. The van der Waals surface area contributed by atoms with Gasteiger partial charge >= 0.3 is 0 Å². The van der Waals surface area contributed by atoms with Crippen LogP contribution < -0.4 is 15.0 Å². The molecular weight excluding hydrogens is 354 g/mol. The van der Waals surface area contributed by atoms with E-state index >= 15 is 0 Å². The lowest BCUT2D eigenvalue weighted by Crippen LogP contribution is -2.55. The van der Waals surface area contributed by atoms with Crippen LogP contribution >= 0.6 is 0 Å². The summed E-state index contributed by atoms with van der Waals surface area (Å²) in [6, 6.07) is 16.3. The van der Waals surface area contributed by atoms with E-state index in [1.165, 1.54) is 0 Å². The Morgan fingerprint density at radius 3 is 2.64 bits per heavy atom. The number of benzene rings is 2. The molecule has 2 N–H and O–H groups in total. The third-order valence-corrected chi connectivity index (χ3v) is 4.95. The maximum absolute atomic E-state index is 12.5. The summed E-state index contributed by atoms with van der Waals surface area (Å²) < 4.78 is 6.01. The second-order valence-corrected chi connectivity index (χ2v) is 7.38. The van der Waals surface area contributed by atoms with E-state index in [4.69, 9.17) is 4.74 Å². The molecule has 1 aliphatic heterocycles. The number of aliphatic hydroxyl groups excluding tert-OH is 1. The van der Waals surface area contributed by atoms with Gasteiger partial charge in [-0.25, -0.2) is 0 Å². The standard InChI is InChI=1S/C22H25N3O3/c1-4-24-19(26)14-25(16-8-6-5-7-9-16)20-17-12-15(13-23)10-11-18(17)28-22(2,3)21(20)27/h5-12,20-21,27H,4,14H2,1-3H3,(H,24,26)/t20-,21-/m1/s1. The molecule has 0 aliphatic carbocycles. The van der Waals surface area contributed by atoms with Crippen LogP contribution in [-0.4, -0.2) is 35.8 Å². The first-order valence-corrected chi connectivity index (χ1v) is 9.37. The fourth-order valence-corrected chi connectivity index (χ4v) is 3.55. The highest BCUT2D eigenvalue weighted by molar-refractivity contribution is 5.81. The summed E-state index contributed by atoms with van der Waals surface area (Å²) >= 11 is 0. The number of amides is 1. The molecule has 0 spiro atoms. The third kappa shape index (κ3) is 3.80. The highest BCUT2D eigenvalue weighted by Crippen LogP contribution is 2.44. The zero-order valence-corrected chi connectivity index (χ0v) is 16.3. The summed E-state index contributed by atoms with van der Waals surface area (Å²) in [6.45, 7) is 6.11. The van der Waals surface area contributed by atoms with Gasteiger partial charge in [-0.2, -0.15) is 5.26 Å². The average Bonchev–Trinajstić information content (AvgIpc) is 2.68. The molecule has 0 unspecified atom stereocenters. The highest BCUT2D eigenvalue weighted by Gasteiger charge is 2.46. The number of para-hydroxylation sites is 1. The first-order chi connectivity index (χ1) is 13.4. The van der Waals surface area contributed by atoms with Crippen LogP contribution in [0.1, 0.15) is 37.9 Å². The maximum Gasteiger partial charge on any atom is 0.239 e. The highest BCUT2D eigenvalue weighted by atomic mass is 16.5. The van der Waals surface area contributed by atoms with Crippen molar-refractivity contribution in [2.24, 2.45) is 0 Å². The van der Waals surface area contributed by atoms with Gasteiger partial charge in [0.15, 0.2) is 0 Å². The molecule has 6 nitrogen and oxygen atoms in total. The minimum absolute atomic E-state index is 0.0753. The summed E-state index contributed by atoms with van der Waals surface area (Å²) in [4.78, 5) is 14.3. The molecule has 2 atom stereocenters. The van der Waals surface area contributed by atoms with Gasteiger partial charge in [0.1, 0.15) is 17.5 Å². The van der Waals surface area contributed by atoms with Crippen molar-refractivity contribution in [2.75, 3.05) is 18.0 Å². The van der Waals surface area contributed by atoms with E-state index in [0.717, 1.165) is 5.69 Å². The molecule has 1 aliphatic rings. The first-order valence-electron chi connectivity index (χ1n) is 9.37. The van der Waals surface area contributed by atoms with Gasteiger partial charge in [0.25, 0.3) is 0 Å². The molecule has 0 saturated carbocycles. The number of fused-ring (bicyclic) bond motifs is 1. The average molecular weight is 379 g/mol. The zero-order chi connectivity index (χ0) is 20.3. The summed E-state index contributed by atoms with van der Waals surface area (Å²) in [5.74, 6) is 0.469. The van der Waals surface area contributed by atoms with Gasteiger partial charge in [0.05, 0.1) is 24.2 Å². The Morgan fingerprint density at radius 1 is 1.29 bits per heavy atom. The van der Waals surface area contributed by atoms with Crippen LogP contribution in [0.25, 0.3) is 0 Å². The van der Waals surface area contributed by atoms with Crippen molar-refractivity contribution in [3.63, 3.8) is 0 Å². The zero-order valence-electron chi connectivity index (χ0n) is 16.3. The number of aliphatic hydroxyl groups is 1. The van der Waals surface area contributed by atoms with E-state index in [9.17, 15) is 15.2 Å². The van der Waals surface area contributed by atoms with Crippen LogP contribution in [0.4, 0.5) is 5.69 Å². The van der Waals surface area contributed by atoms with Crippen LogP contribution in [0.5, 0.6) is 5.75 Å². The minimum atomic E-state index is -0.913. The van der Waals surface area contributed by atoms with Crippen molar-refractivity contribution < 1.29 is 14.6 Å². The number of nitrogens with zero attached hydrogens (tertiary/aromatic N) is 2. The predicted molar refractivity (Wildman–Crippen MR) is 107 cm³/mol. The Hall–Kier alpha value is -3.04. The quantitative estimate of drug-likeness (QED) is 0.834. The maximum atomic E-state index is 12.5. The Bertz CT molecular complexity index is 890. The molecule has 28 heavy (non-hydrogen) atoms. The third-order valence-electron chi connectivity index (χ3n) is 4.95. The Labute approximate surface area is 165 Å². The summed E-state index contributed by atoms with van der Waals surface area (Å²) in [7, 11) is 0. The number of ether oxygens (including phenoxy) is 1. The lowest BCUT2D eigenvalue weighted by molar-refractivity contribution is -0.120. The van der Waals surface area contributed by atoms with E-state index < -0.39 is 17.7 Å². The number of hydrogen-bond acceptors (Lipinski definition) is 5. The van der Waals surface area contributed by atoms with Gasteiger partial charge in [0, 0.05) is 17.8 Å². The molecule has 0 fully saturated rings. The van der Waals surface area contributed by atoms with Crippen LogP contribution in [0.2, 0.25) is 0 Å². The largest absolute Gasteiger partial charge is 0.485 e. The molecule has 0 bridgehead atoms. The van der Waals surface area contributed by atoms with Crippen LogP contribution in [0.3, 0.4) is 0 Å². The fraction of sp³-hybridized carbons (Fsp3) is 0.364. The fourth-order valence-electron chi connectivity index (χ4n) is 3.55. The van der Waals surface area contributed by atoms with Crippen molar-refractivity contribution in [1.29, 1.82) is 5.26 Å². The van der Waals surface area contributed by atoms with E-state index in [-0.39, 0.29) is 12.5 Å². The van der Waals surface area contributed by atoms with Crippen molar-refractivity contribution in [1.82, 2.24) is 5.32 Å². The lowest BCUT2D eigenvalue weighted by Gasteiger charge is -2.47. The molecule has 1 amide bonds. The predicted octanol–water partition coefficient (Wildman–Crippen LogP) is 2.77. The second-order valence-electron chi connectivity index (χ2n) is 7.38. The molecule has 2 aromatic carbocycles. The molecule has 146 valence electrons. The van der Waals surface area contributed by atoms with Gasteiger partial charge in [-0.05, 0) is 51.1 Å². The van der Waals surface area contributed by atoms with E-state index in [0.29, 0.717) is 23.4 Å². The smallest absolute Gasteiger partial charge is 0.239 e. The number of hydrogen-bond donors (Lipinski definition) is 2. The summed E-state index contributed by atoms with van der Waals surface area (Å²) in [5.41, 5.74) is 1.12.